The Hall–Kier alpha value is -1.19. The van der Waals surface area contributed by atoms with Gasteiger partial charge < -0.3 is 10.0 Å². The molecule has 1 fully saturated rings. The van der Waals surface area contributed by atoms with Crippen LogP contribution in [0, 0.1) is 5.92 Å². The number of likely N-dealkylation sites (N-methyl/N-ethyl adjacent to an activating group) is 1. The van der Waals surface area contributed by atoms with Crippen LogP contribution >= 0.6 is 0 Å². The smallest absolute Gasteiger partial charge is 0.306 e. The van der Waals surface area contributed by atoms with E-state index in [0.29, 0.717) is 0 Å². The number of carbonyl (C=O) groups is 2. The zero-order chi connectivity index (χ0) is 15.5. The molecule has 8 nitrogen and oxygen atoms in total. The van der Waals surface area contributed by atoms with Gasteiger partial charge in [0.25, 0.3) is 10.2 Å². The van der Waals surface area contributed by atoms with Crippen LogP contribution in [0.15, 0.2) is 0 Å². The lowest BCUT2D eigenvalue weighted by molar-refractivity contribution is -0.143. The van der Waals surface area contributed by atoms with Gasteiger partial charge in [0, 0.05) is 27.2 Å². The average molecular weight is 307 g/mol. The number of carboxylic acids is 1. The summed E-state index contributed by atoms with van der Waals surface area (Å²) in [6, 6.07) is -0.854. The van der Waals surface area contributed by atoms with E-state index in [-0.39, 0.29) is 31.8 Å². The van der Waals surface area contributed by atoms with Gasteiger partial charge in [0.05, 0.1) is 12.0 Å². The molecule has 1 heterocycles. The van der Waals surface area contributed by atoms with Crippen LogP contribution in [0.2, 0.25) is 0 Å². The summed E-state index contributed by atoms with van der Waals surface area (Å²) in [6.45, 7) is 1.77. The van der Waals surface area contributed by atoms with Gasteiger partial charge in [0.2, 0.25) is 5.91 Å². The first-order chi connectivity index (χ1) is 9.15. The Balaban J connectivity index is 2.62. The molecule has 0 aliphatic carbocycles. The minimum Gasteiger partial charge on any atom is -0.481 e. The number of aliphatic carboxylic acids is 1. The van der Waals surface area contributed by atoms with Crippen LogP contribution in [-0.2, 0) is 19.8 Å². The molecule has 0 radical (unpaired) electrons. The second kappa shape index (κ2) is 6.51. The molecular formula is C11H21N3O5S. The summed E-state index contributed by atoms with van der Waals surface area (Å²) in [5.74, 6) is -1.73. The maximum atomic E-state index is 12.1. The summed E-state index contributed by atoms with van der Waals surface area (Å²) in [5, 5.41) is 8.87. The van der Waals surface area contributed by atoms with Crippen molar-refractivity contribution in [1.82, 2.24) is 13.9 Å². The van der Waals surface area contributed by atoms with E-state index in [4.69, 9.17) is 5.11 Å². The number of piperidine rings is 1. The standard InChI is InChI=1S/C11H21N3O5S/c1-8(10(15)13(2)3)12-20(18,19)14-6-4-9(5-7-14)11(16)17/h8-9,12H,4-7H2,1-3H3,(H,16,17). The average Bonchev–Trinajstić information content (AvgIpc) is 2.37. The van der Waals surface area contributed by atoms with Gasteiger partial charge in [-0.2, -0.15) is 17.4 Å². The maximum absolute atomic E-state index is 12.1. The number of nitrogens with zero attached hydrogens (tertiary/aromatic N) is 2. The summed E-state index contributed by atoms with van der Waals surface area (Å²) in [5.41, 5.74) is 0. The number of rotatable bonds is 5. The Bertz CT molecular complexity index is 468. The Morgan fingerprint density at radius 1 is 1.30 bits per heavy atom. The van der Waals surface area contributed by atoms with Crippen molar-refractivity contribution in [2.75, 3.05) is 27.2 Å². The fourth-order valence-corrected chi connectivity index (χ4v) is 3.47. The van der Waals surface area contributed by atoms with Crippen molar-refractivity contribution in [3.8, 4) is 0 Å². The molecule has 0 spiro atoms. The highest BCUT2D eigenvalue weighted by atomic mass is 32.2. The first-order valence-corrected chi connectivity index (χ1v) is 7.80. The number of hydrogen-bond donors (Lipinski definition) is 2. The molecule has 1 amide bonds. The topological polar surface area (TPSA) is 107 Å². The van der Waals surface area contributed by atoms with Gasteiger partial charge >= 0.3 is 5.97 Å². The molecule has 1 aliphatic heterocycles. The Morgan fingerprint density at radius 2 is 1.80 bits per heavy atom. The van der Waals surface area contributed by atoms with E-state index in [1.165, 1.54) is 16.1 Å². The van der Waals surface area contributed by atoms with E-state index in [1.807, 2.05) is 0 Å². The molecule has 0 saturated carbocycles. The first-order valence-electron chi connectivity index (χ1n) is 6.36. The minimum absolute atomic E-state index is 0.148. The van der Waals surface area contributed by atoms with Crippen molar-refractivity contribution < 1.29 is 23.1 Å². The van der Waals surface area contributed by atoms with Crippen molar-refractivity contribution >= 4 is 22.1 Å². The van der Waals surface area contributed by atoms with Crippen LogP contribution < -0.4 is 4.72 Å². The lowest BCUT2D eigenvalue weighted by Gasteiger charge is -2.30. The Labute approximate surface area is 118 Å². The predicted molar refractivity (Wildman–Crippen MR) is 72.1 cm³/mol. The van der Waals surface area contributed by atoms with Crippen molar-refractivity contribution in [3.63, 3.8) is 0 Å². The third-order valence-electron chi connectivity index (χ3n) is 3.28. The molecule has 1 atom stereocenters. The van der Waals surface area contributed by atoms with Crippen molar-refractivity contribution in [3.05, 3.63) is 0 Å². The number of amides is 1. The fourth-order valence-electron chi connectivity index (χ4n) is 2.08. The zero-order valence-electron chi connectivity index (χ0n) is 11.9. The van der Waals surface area contributed by atoms with Crippen LogP contribution in [0.4, 0.5) is 0 Å². The number of hydrogen-bond acceptors (Lipinski definition) is 4. The van der Waals surface area contributed by atoms with E-state index in [2.05, 4.69) is 4.72 Å². The summed E-state index contributed by atoms with van der Waals surface area (Å²) in [4.78, 5) is 23.8. The number of carboxylic acid groups (broad SMARTS) is 1. The van der Waals surface area contributed by atoms with Gasteiger partial charge in [-0.3, -0.25) is 9.59 Å². The van der Waals surface area contributed by atoms with Crippen molar-refractivity contribution in [2.45, 2.75) is 25.8 Å². The second-order valence-corrected chi connectivity index (χ2v) is 6.79. The van der Waals surface area contributed by atoms with E-state index in [9.17, 15) is 18.0 Å². The first kappa shape index (κ1) is 16.9. The van der Waals surface area contributed by atoms with Gasteiger partial charge in [-0.15, -0.1) is 0 Å². The SMILES string of the molecule is CC(NS(=O)(=O)N1CCC(C(=O)O)CC1)C(=O)N(C)C. The van der Waals surface area contributed by atoms with Gasteiger partial charge in [-0.25, -0.2) is 0 Å². The summed E-state index contributed by atoms with van der Waals surface area (Å²) >= 11 is 0. The fraction of sp³-hybridized carbons (Fsp3) is 0.818. The highest BCUT2D eigenvalue weighted by Crippen LogP contribution is 2.19. The summed E-state index contributed by atoms with van der Waals surface area (Å²) in [6.07, 6.45) is 0.568. The van der Waals surface area contributed by atoms with E-state index >= 15 is 0 Å². The summed E-state index contributed by atoms with van der Waals surface area (Å²) < 4.78 is 27.7. The van der Waals surface area contributed by atoms with Gasteiger partial charge in [0.1, 0.15) is 0 Å². The van der Waals surface area contributed by atoms with Crippen LogP contribution in [0.1, 0.15) is 19.8 Å². The lowest BCUT2D eigenvalue weighted by atomic mass is 9.99. The van der Waals surface area contributed by atoms with Crippen LogP contribution in [0.5, 0.6) is 0 Å². The second-order valence-electron chi connectivity index (χ2n) is 5.09. The molecule has 0 bridgehead atoms. The minimum atomic E-state index is -3.77. The molecule has 0 aromatic carbocycles. The molecule has 1 unspecified atom stereocenters. The van der Waals surface area contributed by atoms with E-state index < -0.39 is 28.1 Å². The molecule has 9 heteroatoms. The van der Waals surface area contributed by atoms with Crippen LogP contribution in [0.3, 0.4) is 0 Å². The quantitative estimate of drug-likeness (QED) is 0.684. The van der Waals surface area contributed by atoms with Gasteiger partial charge in [-0.1, -0.05) is 0 Å². The van der Waals surface area contributed by atoms with Crippen LogP contribution in [-0.4, -0.2) is 67.8 Å². The molecule has 2 N–H and O–H groups in total. The van der Waals surface area contributed by atoms with E-state index in [1.54, 1.807) is 14.1 Å². The lowest BCUT2D eigenvalue weighted by Crippen LogP contribution is -2.51. The molecule has 0 aromatic heterocycles. The molecule has 1 aliphatic rings. The molecular weight excluding hydrogens is 286 g/mol. The third kappa shape index (κ3) is 4.15. The van der Waals surface area contributed by atoms with Crippen molar-refractivity contribution in [2.24, 2.45) is 5.92 Å². The normalized spacial score (nSPS) is 19.6. The van der Waals surface area contributed by atoms with E-state index in [0.717, 1.165) is 0 Å². The van der Waals surface area contributed by atoms with Gasteiger partial charge in [0.15, 0.2) is 0 Å². The zero-order valence-corrected chi connectivity index (χ0v) is 12.7. The molecule has 20 heavy (non-hydrogen) atoms. The largest absolute Gasteiger partial charge is 0.481 e. The Kier molecular flexibility index (Phi) is 5.49. The highest BCUT2D eigenvalue weighted by molar-refractivity contribution is 7.87. The number of nitrogens with one attached hydrogen (secondary N) is 1. The third-order valence-corrected chi connectivity index (χ3v) is 4.98. The maximum Gasteiger partial charge on any atom is 0.306 e. The summed E-state index contributed by atoms with van der Waals surface area (Å²) in [7, 11) is -0.673. The van der Waals surface area contributed by atoms with Gasteiger partial charge in [-0.05, 0) is 19.8 Å². The monoisotopic (exact) mass is 307 g/mol. The molecule has 1 rings (SSSR count). The van der Waals surface area contributed by atoms with Crippen LogP contribution in [0.25, 0.3) is 0 Å². The molecule has 116 valence electrons. The Morgan fingerprint density at radius 3 is 2.20 bits per heavy atom. The number of carbonyl (C=O) groups excluding carboxylic acids is 1. The highest BCUT2D eigenvalue weighted by Gasteiger charge is 2.32. The molecule has 1 saturated heterocycles. The molecule has 0 aromatic rings. The predicted octanol–water partition coefficient (Wildman–Crippen LogP) is -0.906. The van der Waals surface area contributed by atoms with Crippen molar-refractivity contribution in [1.29, 1.82) is 0 Å².